The van der Waals surface area contributed by atoms with Crippen molar-refractivity contribution in [3.8, 4) is 0 Å². The van der Waals surface area contributed by atoms with Gasteiger partial charge in [-0.15, -0.1) is 5.10 Å². The zero-order valence-electron chi connectivity index (χ0n) is 19.5. The van der Waals surface area contributed by atoms with Gasteiger partial charge in [-0.1, -0.05) is 29.8 Å². The summed E-state index contributed by atoms with van der Waals surface area (Å²) in [6.45, 7) is 4.71. The second-order valence-electron chi connectivity index (χ2n) is 7.78. The molecule has 0 atom stereocenters. The van der Waals surface area contributed by atoms with E-state index in [1.807, 2.05) is 32.9 Å². The number of aromatic nitrogens is 4. The number of anilines is 2. The van der Waals surface area contributed by atoms with Crippen LogP contribution in [0.3, 0.4) is 0 Å². The van der Waals surface area contributed by atoms with Gasteiger partial charge in [0.2, 0.25) is 11.8 Å². The third kappa shape index (κ3) is 7.19. The van der Waals surface area contributed by atoms with Crippen molar-refractivity contribution in [1.29, 1.82) is 0 Å². The van der Waals surface area contributed by atoms with Crippen molar-refractivity contribution >= 4 is 35.1 Å². The number of hydrogen-bond donors (Lipinski definition) is 3. The molecule has 12 heteroatoms. The van der Waals surface area contributed by atoms with Crippen molar-refractivity contribution in [1.82, 2.24) is 25.5 Å². The number of esters is 1. The maximum atomic E-state index is 12.5. The topological polar surface area (TPSA) is 157 Å². The van der Waals surface area contributed by atoms with E-state index < -0.39 is 30.3 Å². The number of nitrogens with zero attached hydrogens (tertiary/aromatic N) is 4. The zero-order chi connectivity index (χ0) is 25.4. The molecular weight excluding hydrogens is 454 g/mol. The molecule has 3 amide bonds. The SMILES string of the molecule is Cc1cc(C)c(NC(=O)CNC(=O)COC(=O)c2ccccc2NC(=O)Cn2cnnn2)c(C)c1. The number of carbonyl (C=O) groups is 4. The highest BCUT2D eigenvalue weighted by Gasteiger charge is 2.17. The van der Waals surface area contributed by atoms with E-state index >= 15 is 0 Å². The first kappa shape index (κ1) is 25.0. The molecule has 0 radical (unpaired) electrons. The van der Waals surface area contributed by atoms with Crippen LogP contribution in [-0.2, 0) is 25.7 Å². The molecule has 1 aromatic heterocycles. The summed E-state index contributed by atoms with van der Waals surface area (Å²) in [5.41, 5.74) is 3.88. The summed E-state index contributed by atoms with van der Waals surface area (Å²) in [5, 5.41) is 18.3. The normalized spacial score (nSPS) is 10.4. The van der Waals surface area contributed by atoms with E-state index in [9.17, 15) is 19.2 Å². The summed E-state index contributed by atoms with van der Waals surface area (Å²) in [7, 11) is 0. The van der Waals surface area contributed by atoms with Gasteiger partial charge in [-0.2, -0.15) is 0 Å². The lowest BCUT2D eigenvalue weighted by molar-refractivity contribution is -0.126. The van der Waals surface area contributed by atoms with Crippen LogP contribution < -0.4 is 16.0 Å². The lowest BCUT2D eigenvalue weighted by Crippen LogP contribution is -2.35. The van der Waals surface area contributed by atoms with Crippen LogP contribution >= 0.6 is 0 Å². The van der Waals surface area contributed by atoms with Crippen molar-refractivity contribution in [2.45, 2.75) is 27.3 Å². The quantitative estimate of drug-likeness (QED) is 0.386. The predicted octanol–water partition coefficient (Wildman–Crippen LogP) is 1.15. The Morgan fingerprint density at radius 2 is 1.66 bits per heavy atom. The summed E-state index contributed by atoms with van der Waals surface area (Å²) in [6.07, 6.45) is 1.28. The van der Waals surface area contributed by atoms with Gasteiger partial charge in [0.25, 0.3) is 5.91 Å². The smallest absolute Gasteiger partial charge is 0.340 e. The Bertz CT molecular complexity index is 1220. The number of carbonyl (C=O) groups excluding carboxylic acids is 4. The average molecular weight is 479 g/mol. The van der Waals surface area contributed by atoms with Crippen molar-refractivity contribution in [3.63, 3.8) is 0 Å². The Balaban J connectivity index is 1.48. The number of rotatable bonds is 9. The molecule has 0 unspecified atom stereocenters. The minimum absolute atomic E-state index is 0.0634. The number of tetrazole rings is 1. The van der Waals surface area contributed by atoms with Crippen LogP contribution in [0.4, 0.5) is 11.4 Å². The molecule has 0 spiro atoms. The lowest BCUT2D eigenvalue weighted by Gasteiger charge is -2.13. The molecule has 1 heterocycles. The minimum Gasteiger partial charge on any atom is -0.452 e. The fourth-order valence-electron chi connectivity index (χ4n) is 3.36. The second kappa shape index (κ2) is 11.5. The highest BCUT2D eigenvalue weighted by Crippen LogP contribution is 2.21. The molecule has 3 N–H and O–H groups in total. The highest BCUT2D eigenvalue weighted by atomic mass is 16.5. The molecule has 2 aromatic carbocycles. The molecular formula is C23H25N7O5. The van der Waals surface area contributed by atoms with Gasteiger partial charge in [-0.3, -0.25) is 14.4 Å². The molecule has 0 fully saturated rings. The van der Waals surface area contributed by atoms with E-state index in [1.165, 1.54) is 23.1 Å². The number of benzene rings is 2. The standard InChI is InChI=1S/C23H25N7O5/c1-14-8-15(2)22(16(3)9-14)27-19(31)10-24-21(33)12-35-23(34)17-6-4-5-7-18(17)26-20(32)11-30-13-25-28-29-30/h4-9,13H,10-12H2,1-3H3,(H,24,33)(H,26,32)(H,27,31). The first-order valence-electron chi connectivity index (χ1n) is 10.6. The van der Waals surface area contributed by atoms with Gasteiger partial charge in [-0.25, -0.2) is 9.48 Å². The second-order valence-corrected chi connectivity index (χ2v) is 7.78. The van der Waals surface area contributed by atoms with Crippen LogP contribution in [-0.4, -0.2) is 57.0 Å². The molecule has 3 aromatic rings. The fourth-order valence-corrected chi connectivity index (χ4v) is 3.36. The molecule has 0 aliphatic carbocycles. The zero-order valence-corrected chi connectivity index (χ0v) is 19.5. The van der Waals surface area contributed by atoms with Crippen LogP contribution in [0.2, 0.25) is 0 Å². The van der Waals surface area contributed by atoms with Gasteiger partial charge in [0.1, 0.15) is 12.9 Å². The van der Waals surface area contributed by atoms with E-state index in [0.29, 0.717) is 5.69 Å². The number of aryl methyl sites for hydroxylation is 3. The molecule has 35 heavy (non-hydrogen) atoms. The first-order chi connectivity index (χ1) is 16.7. The van der Waals surface area contributed by atoms with Crippen LogP contribution in [0.5, 0.6) is 0 Å². The summed E-state index contributed by atoms with van der Waals surface area (Å²) in [4.78, 5) is 49.0. The van der Waals surface area contributed by atoms with E-state index in [0.717, 1.165) is 16.7 Å². The summed E-state index contributed by atoms with van der Waals surface area (Å²) < 4.78 is 6.27. The third-order valence-corrected chi connectivity index (χ3v) is 4.84. The number of nitrogens with one attached hydrogen (secondary N) is 3. The van der Waals surface area contributed by atoms with E-state index in [2.05, 4.69) is 31.5 Å². The van der Waals surface area contributed by atoms with Gasteiger partial charge in [-0.05, 0) is 54.5 Å². The maximum absolute atomic E-state index is 12.5. The van der Waals surface area contributed by atoms with E-state index in [-0.39, 0.29) is 24.3 Å². The van der Waals surface area contributed by atoms with Gasteiger partial charge < -0.3 is 20.7 Å². The number of hydrogen-bond acceptors (Lipinski definition) is 8. The highest BCUT2D eigenvalue weighted by molar-refractivity contribution is 6.02. The Labute approximate surface area is 201 Å². The molecule has 12 nitrogen and oxygen atoms in total. The largest absolute Gasteiger partial charge is 0.452 e. The monoisotopic (exact) mass is 479 g/mol. The van der Waals surface area contributed by atoms with Gasteiger partial charge in [0.05, 0.1) is 17.8 Å². The van der Waals surface area contributed by atoms with Crippen LogP contribution in [0.15, 0.2) is 42.7 Å². The predicted molar refractivity (Wildman–Crippen MR) is 125 cm³/mol. The first-order valence-corrected chi connectivity index (χ1v) is 10.6. The average Bonchev–Trinajstić information content (AvgIpc) is 3.31. The summed E-state index contributed by atoms with van der Waals surface area (Å²) >= 11 is 0. The van der Waals surface area contributed by atoms with Crippen LogP contribution in [0.25, 0.3) is 0 Å². The maximum Gasteiger partial charge on any atom is 0.340 e. The Morgan fingerprint density at radius 3 is 2.34 bits per heavy atom. The third-order valence-electron chi connectivity index (χ3n) is 4.84. The molecule has 0 aliphatic rings. The summed E-state index contributed by atoms with van der Waals surface area (Å²) in [5.74, 6) is -2.32. The number of para-hydroxylation sites is 1. The number of amides is 3. The Hall–Kier alpha value is -4.61. The lowest BCUT2D eigenvalue weighted by atomic mass is 10.1. The molecule has 0 bridgehead atoms. The van der Waals surface area contributed by atoms with Gasteiger partial charge >= 0.3 is 5.97 Å². The molecule has 182 valence electrons. The molecule has 3 rings (SSSR count). The summed E-state index contributed by atoms with van der Waals surface area (Å²) in [6, 6.07) is 10.1. The van der Waals surface area contributed by atoms with Crippen LogP contribution in [0, 0.1) is 20.8 Å². The number of ether oxygens (including phenoxy) is 1. The minimum atomic E-state index is -0.811. The molecule has 0 saturated carbocycles. The van der Waals surface area contributed by atoms with E-state index in [1.54, 1.807) is 12.1 Å². The van der Waals surface area contributed by atoms with Crippen molar-refractivity contribution in [2.24, 2.45) is 0 Å². The van der Waals surface area contributed by atoms with Crippen molar-refractivity contribution in [3.05, 3.63) is 65.0 Å². The van der Waals surface area contributed by atoms with Gasteiger partial charge in [0.15, 0.2) is 6.61 Å². The molecule has 0 aliphatic heterocycles. The van der Waals surface area contributed by atoms with E-state index in [4.69, 9.17) is 4.74 Å². The van der Waals surface area contributed by atoms with Crippen molar-refractivity contribution in [2.75, 3.05) is 23.8 Å². The Kier molecular flexibility index (Phi) is 8.22. The van der Waals surface area contributed by atoms with Crippen molar-refractivity contribution < 1.29 is 23.9 Å². The van der Waals surface area contributed by atoms with Gasteiger partial charge in [0, 0.05) is 5.69 Å². The molecule has 0 saturated heterocycles. The Morgan fingerprint density at radius 1 is 0.943 bits per heavy atom. The van der Waals surface area contributed by atoms with Crippen LogP contribution in [0.1, 0.15) is 27.0 Å². The fraction of sp³-hybridized carbons (Fsp3) is 0.261.